The van der Waals surface area contributed by atoms with E-state index in [2.05, 4.69) is 59.7 Å². The molecule has 0 amide bonds. The molecule has 0 aliphatic carbocycles. The van der Waals surface area contributed by atoms with Crippen molar-refractivity contribution >= 4 is 46.2 Å². The fraction of sp³-hybridized carbons (Fsp3) is 0.393. The summed E-state index contributed by atoms with van der Waals surface area (Å²) in [6, 6.07) is 12.8. The lowest BCUT2D eigenvalue weighted by atomic mass is 9.79. The zero-order valence-corrected chi connectivity index (χ0v) is 24.0. The minimum Gasteiger partial charge on any atom is -0.361 e. The van der Waals surface area contributed by atoms with Crippen molar-refractivity contribution in [3.8, 4) is 6.07 Å². The molecule has 204 valence electrons. The van der Waals surface area contributed by atoms with E-state index in [9.17, 15) is 15.4 Å². The van der Waals surface area contributed by atoms with Gasteiger partial charge >= 0.3 is 5.69 Å². The van der Waals surface area contributed by atoms with Crippen LogP contribution in [0.3, 0.4) is 0 Å². The van der Waals surface area contributed by atoms with Crippen molar-refractivity contribution < 1.29 is 4.92 Å². The molecular weight excluding hydrogens is 537 g/mol. The molecule has 3 N–H and O–H groups in total. The summed E-state index contributed by atoms with van der Waals surface area (Å²) < 4.78 is 0. The Morgan fingerprint density at radius 3 is 2.31 bits per heavy atom. The molecule has 3 aromatic rings. The predicted molar refractivity (Wildman–Crippen MR) is 155 cm³/mol. The number of benzene rings is 2. The van der Waals surface area contributed by atoms with Crippen molar-refractivity contribution in [3.63, 3.8) is 0 Å². The first-order valence-electron chi connectivity index (χ1n) is 12.6. The fourth-order valence-corrected chi connectivity index (χ4v) is 5.93. The highest BCUT2D eigenvalue weighted by Gasteiger charge is 2.39. The number of nitriles is 1. The van der Waals surface area contributed by atoms with Gasteiger partial charge in [-0.15, -0.1) is 0 Å². The minimum atomic E-state index is -0.606. The number of aromatic nitrogens is 2. The van der Waals surface area contributed by atoms with E-state index < -0.39 is 10.8 Å². The monoisotopic (exact) mass is 567 g/mol. The normalized spacial score (nSPS) is 17.2. The summed E-state index contributed by atoms with van der Waals surface area (Å²) >= 11 is 12.6. The fourth-order valence-electron chi connectivity index (χ4n) is 5.53. The molecule has 1 saturated heterocycles. The molecule has 4 rings (SSSR count). The van der Waals surface area contributed by atoms with E-state index in [0.29, 0.717) is 21.3 Å². The van der Waals surface area contributed by atoms with E-state index in [1.54, 1.807) is 36.4 Å². The second-order valence-corrected chi connectivity index (χ2v) is 12.1. The summed E-state index contributed by atoms with van der Waals surface area (Å²) in [6.07, 6.45) is 2.83. The van der Waals surface area contributed by atoms with Gasteiger partial charge in [0.15, 0.2) is 0 Å². The van der Waals surface area contributed by atoms with Gasteiger partial charge in [-0.05, 0) is 82.3 Å². The Labute approximate surface area is 238 Å². The maximum Gasteiger partial charge on any atom is 0.353 e. The lowest BCUT2D eigenvalue weighted by molar-refractivity contribution is -0.383. The number of nitro groups is 1. The van der Waals surface area contributed by atoms with Crippen LogP contribution >= 0.6 is 23.2 Å². The molecule has 1 aliphatic rings. The summed E-state index contributed by atoms with van der Waals surface area (Å²) in [5.74, 6) is -0.403. The summed E-state index contributed by atoms with van der Waals surface area (Å²) in [7, 11) is 0. The smallest absolute Gasteiger partial charge is 0.353 e. The zero-order chi connectivity index (χ0) is 28.5. The molecule has 1 unspecified atom stereocenters. The molecule has 2 aromatic carbocycles. The first-order valence-corrected chi connectivity index (χ1v) is 13.3. The average molecular weight is 569 g/mol. The summed E-state index contributed by atoms with van der Waals surface area (Å²) in [4.78, 5) is 20.1. The number of piperidine rings is 1. The van der Waals surface area contributed by atoms with Crippen LogP contribution in [-0.2, 0) is 0 Å². The number of rotatable bonds is 7. The topological polar surface area (TPSA) is 129 Å². The molecular formula is C28H31Cl2N7O2. The summed E-state index contributed by atoms with van der Waals surface area (Å²) in [6.45, 7) is 10.3. The van der Waals surface area contributed by atoms with Crippen LogP contribution in [0, 0.1) is 28.4 Å². The van der Waals surface area contributed by atoms with Crippen LogP contribution in [0.15, 0.2) is 42.7 Å². The van der Waals surface area contributed by atoms with Gasteiger partial charge in [-0.3, -0.25) is 10.1 Å². The van der Waals surface area contributed by atoms with Crippen LogP contribution in [0.5, 0.6) is 0 Å². The third-order valence-electron chi connectivity index (χ3n) is 6.78. The molecule has 1 aliphatic heterocycles. The first kappa shape index (κ1) is 28.6. The molecule has 1 aromatic heterocycles. The first-order chi connectivity index (χ1) is 18.3. The maximum atomic E-state index is 12.2. The zero-order valence-electron chi connectivity index (χ0n) is 22.5. The Hall–Kier alpha value is -3.45. The maximum absolute atomic E-state index is 12.2. The molecule has 9 nitrogen and oxygen atoms in total. The summed E-state index contributed by atoms with van der Waals surface area (Å²) in [5, 5.41) is 33.0. The third kappa shape index (κ3) is 6.59. The Balaban J connectivity index is 1.65. The lowest BCUT2D eigenvalue weighted by Gasteiger charge is -2.46. The molecule has 0 radical (unpaired) electrons. The van der Waals surface area contributed by atoms with Gasteiger partial charge in [0.1, 0.15) is 6.33 Å². The van der Waals surface area contributed by atoms with E-state index in [0.717, 1.165) is 24.0 Å². The molecule has 2 heterocycles. The van der Waals surface area contributed by atoms with Gasteiger partial charge < -0.3 is 16.0 Å². The lowest BCUT2D eigenvalue weighted by Crippen LogP contribution is -2.60. The van der Waals surface area contributed by atoms with E-state index in [4.69, 9.17) is 23.2 Å². The Morgan fingerprint density at radius 1 is 1.10 bits per heavy atom. The number of nitrogens with zero attached hydrogens (tertiary/aromatic N) is 4. The Kier molecular flexibility index (Phi) is 8.03. The largest absolute Gasteiger partial charge is 0.361 e. The minimum absolute atomic E-state index is 0.0241. The van der Waals surface area contributed by atoms with Gasteiger partial charge in [-0.25, -0.2) is 9.97 Å². The molecule has 11 heteroatoms. The van der Waals surface area contributed by atoms with E-state index >= 15 is 0 Å². The Morgan fingerprint density at radius 2 is 1.72 bits per heavy atom. The van der Waals surface area contributed by atoms with Gasteiger partial charge in [0.2, 0.25) is 11.6 Å². The van der Waals surface area contributed by atoms with E-state index in [1.807, 2.05) is 6.92 Å². The highest BCUT2D eigenvalue weighted by atomic mass is 35.5. The molecule has 1 atom stereocenters. The average Bonchev–Trinajstić information content (AvgIpc) is 2.81. The van der Waals surface area contributed by atoms with Crippen molar-refractivity contribution in [2.45, 2.75) is 70.5 Å². The number of hydrogen-bond acceptors (Lipinski definition) is 8. The molecule has 0 spiro atoms. The van der Waals surface area contributed by atoms with Gasteiger partial charge in [0.25, 0.3) is 0 Å². The number of aryl methyl sites for hydroxylation is 1. The highest BCUT2D eigenvalue weighted by Crippen LogP contribution is 2.38. The van der Waals surface area contributed by atoms with Crippen LogP contribution in [0.4, 0.5) is 23.0 Å². The molecule has 0 bridgehead atoms. The van der Waals surface area contributed by atoms with E-state index in [-0.39, 0.29) is 34.4 Å². The van der Waals surface area contributed by atoms with Crippen LogP contribution in [-0.4, -0.2) is 32.0 Å². The van der Waals surface area contributed by atoms with Gasteiger partial charge in [-0.1, -0.05) is 41.4 Å². The number of halogens is 2. The van der Waals surface area contributed by atoms with Gasteiger partial charge in [0, 0.05) is 32.9 Å². The summed E-state index contributed by atoms with van der Waals surface area (Å²) in [5.41, 5.74) is 2.12. The SMILES string of the molecule is Cc1cc(C(C#N)c2ccc(Cl)cc2)c(Cl)cc1Nc1ncnc(NC2CC(C)(C)NC(C)(C)C2)c1[N+](=O)[O-]. The van der Waals surface area contributed by atoms with Crippen molar-refractivity contribution in [1.29, 1.82) is 5.26 Å². The van der Waals surface area contributed by atoms with Crippen molar-refractivity contribution in [2.75, 3.05) is 10.6 Å². The van der Waals surface area contributed by atoms with Crippen molar-refractivity contribution in [1.82, 2.24) is 15.3 Å². The van der Waals surface area contributed by atoms with Crippen LogP contribution < -0.4 is 16.0 Å². The standard InChI is InChI=1S/C28H31Cl2N7O2/c1-16-10-20(21(14-31)17-6-8-18(29)9-7-17)22(30)11-23(16)35-26-24(37(38)39)25(32-15-33-26)34-19-12-27(2,3)36-28(4,5)13-19/h6-11,15,19,21,36H,12-13H2,1-5H3,(H2,32,33,34,35). The van der Waals surface area contributed by atoms with Gasteiger partial charge in [0.05, 0.1) is 16.9 Å². The molecule has 1 fully saturated rings. The second kappa shape index (κ2) is 11.0. The quantitative estimate of drug-likeness (QED) is 0.203. The molecule has 0 saturated carbocycles. The van der Waals surface area contributed by atoms with Crippen LogP contribution in [0.2, 0.25) is 10.0 Å². The molecule has 39 heavy (non-hydrogen) atoms. The predicted octanol–water partition coefficient (Wildman–Crippen LogP) is 7.12. The highest BCUT2D eigenvalue weighted by molar-refractivity contribution is 6.32. The van der Waals surface area contributed by atoms with Gasteiger partial charge in [-0.2, -0.15) is 5.26 Å². The van der Waals surface area contributed by atoms with Crippen LogP contribution in [0.1, 0.15) is 63.1 Å². The number of anilines is 3. The second-order valence-electron chi connectivity index (χ2n) is 11.2. The van der Waals surface area contributed by atoms with Crippen LogP contribution in [0.25, 0.3) is 0 Å². The van der Waals surface area contributed by atoms with Crippen molar-refractivity contribution in [3.05, 3.63) is 79.6 Å². The number of nitrogens with one attached hydrogen (secondary N) is 3. The third-order valence-corrected chi connectivity index (χ3v) is 7.36. The van der Waals surface area contributed by atoms with Crippen molar-refractivity contribution in [2.24, 2.45) is 0 Å². The van der Waals surface area contributed by atoms with E-state index in [1.165, 1.54) is 6.33 Å². The Bertz CT molecular complexity index is 1420. The number of hydrogen-bond donors (Lipinski definition) is 3.